The lowest BCUT2D eigenvalue weighted by Gasteiger charge is -2.07. The number of hydrogen-bond acceptors (Lipinski definition) is 4. The molecule has 1 aromatic rings. The monoisotopic (exact) mass is 254 g/mol. The van der Waals surface area contributed by atoms with E-state index in [1.54, 1.807) is 12.3 Å². The smallest absolute Gasteiger partial charge is 0.230 e. The van der Waals surface area contributed by atoms with Gasteiger partial charge in [-0.05, 0) is 25.5 Å². The molecule has 1 aromatic heterocycles. The van der Waals surface area contributed by atoms with Crippen molar-refractivity contribution in [3.63, 3.8) is 0 Å². The maximum atomic E-state index is 11.2. The van der Waals surface area contributed by atoms with Crippen LogP contribution in [0.5, 0.6) is 0 Å². The van der Waals surface area contributed by atoms with Crippen LogP contribution in [-0.4, -0.2) is 28.3 Å². The van der Waals surface area contributed by atoms with E-state index in [1.807, 2.05) is 19.9 Å². The number of aliphatic hydroxyl groups is 1. The third-order valence-electron chi connectivity index (χ3n) is 2.23. The van der Waals surface area contributed by atoms with Gasteiger partial charge in [0.1, 0.15) is 0 Å². The summed E-state index contributed by atoms with van der Waals surface area (Å²) in [5.41, 5.74) is 0.676. The molecule has 0 spiro atoms. The molecule has 5 heteroatoms. The van der Waals surface area contributed by atoms with Crippen molar-refractivity contribution in [3.8, 4) is 0 Å². The lowest BCUT2D eigenvalue weighted by Crippen LogP contribution is -2.24. The Morgan fingerprint density at radius 3 is 2.82 bits per heavy atom. The van der Waals surface area contributed by atoms with Crippen molar-refractivity contribution in [2.24, 2.45) is 0 Å². The van der Waals surface area contributed by atoms with E-state index in [1.165, 1.54) is 11.8 Å². The van der Waals surface area contributed by atoms with E-state index >= 15 is 0 Å². The number of nitrogens with one attached hydrogen (secondary N) is 1. The first-order chi connectivity index (χ1) is 8.17. The summed E-state index contributed by atoms with van der Waals surface area (Å²) >= 11 is 1.44. The summed E-state index contributed by atoms with van der Waals surface area (Å²) in [7, 11) is 0. The molecule has 4 nitrogen and oxygen atoms in total. The largest absolute Gasteiger partial charge is 0.387 e. The average molecular weight is 254 g/mol. The van der Waals surface area contributed by atoms with E-state index in [2.05, 4.69) is 10.3 Å². The van der Waals surface area contributed by atoms with Gasteiger partial charge in [0.25, 0.3) is 0 Å². The van der Waals surface area contributed by atoms with Gasteiger partial charge in [0, 0.05) is 17.6 Å². The number of carbonyl (C=O) groups excluding carboxylic acids is 1. The summed E-state index contributed by atoms with van der Waals surface area (Å²) < 4.78 is 0. The molecule has 0 saturated carbocycles. The third kappa shape index (κ3) is 4.75. The van der Waals surface area contributed by atoms with Crippen LogP contribution in [0.4, 0.5) is 0 Å². The molecule has 0 saturated heterocycles. The van der Waals surface area contributed by atoms with Gasteiger partial charge in [0.2, 0.25) is 5.91 Å². The lowest BCUT2D eigenvalue weighted by molar-refractivity contribution is -0.118. The first-order valence-electron chi connectivity index (χ1n) is 5.70. The van der Waals surface area contributed by atoms with Crippen LogP contribution in [0.15, 0.2) is 23.2 Å². The third-order valence-corrected chi connectivity index (χ3v) is 3.21. The normalized spacial score (nSPS) is 12.2. The second-order valence-corrected chi connectivity index (χ2v) is 4.63. The Bertz CT molecular complexity index is 354. The van der Waals surface area contributed by atoms with Crippen molar-refractivity contribution >= 4 is 17.7 Å². The van der Waals surface area contributed by atoms with Crippen molar-refractivity contribution in [3.05, 3.63) is 24.0 Å². The maximum Gasteiger partial charge on any atom is 0.230 e. The van der Waals surface area contributed by atoms with E-state index in [0.717, 1.165) is 4.90 Å². The highest BCUT2D eigenvalue weighted by Gasteiger charge is 2.06. The van der Waals surface area contributed by atoms with Gasteiger partial charge in [-0.1, -0.05) is 6.92 Å². The van der Waals surface area contributed by atoms with Crippen LogP contribution >= 0.6 is 11.8 Å². The number of hydrogen-bond donors (Lipinski definition) is 2. The van der Waals surface area contributed by atoms with Crippen molar-refractivity contribution in [1.82, 2.24) is 10.3 Å². The summed E-state index contributed by atoms with van der Waals surface area (Å²) in [4.78, 5) is 16.3. The van der Waals surface area contributed by atoms with Crippen molar-refractivity contribution in [2.75, 3.05) is 12.3 Å². The number of rotatable bonds is 6. The van der Waals surface area contributed by atoms with E-state index in [4.69, 9.17) is 0 Å². The van der Waals surface area contributed by atoms with E-state index in [9.17, 15) is 9.90 Å². The summed E-state index contributed by atoms with van der Waals surface area (Å²) in [6, 6.07) is 3.68. The summed E-state index contributed by atoms with van der Waals surface area (Å²) in [6.07, 6.45) is 1.84. The number of carbonyl (C=O) groups is 1. The predicted molar refractivity (Wildman–Crippen MR) is 68.9 cm³/mol. The quantitative estimate of drug-likeness (QED) is 0.759. The molecule has 0 aliphatic carbocycles. The predicted octanol–water partition coefficient (Wildman–Crippen LogP) is 1.75. The molecule has 1 atom stereocenters. The first kappa shape index (κ1) is 14.0. The topological polar surface area (TPSA) is 62.2 Å². The minimum Gasteiger partial charge on any atom is -0.387 e. The van der Waals surface area contributed by atoms with Gasteiger partial charge < -0.3 is 10.4 Å². The zero-order chi connectivity index (χ0) is 12.7. The fourth-order valence-corrected chi connectivity index (χ4v) is 1.97. The van der Waals surface area contributed by atoms with E-state index in [0.29, 0.717) is 24.4 Å². The van der Waals surface area contributed by atoms with E-state index in [-0.39, 0.29) is 5.91 Å². The van der Waals surface area contributed by atoms with Crippen molar-refractivity contribution in [1.29, 1.82) is 0 Å². The SMILES string of the molecule is CCNC(=O)CSc1ccc([C@H](O)CC)nc1. The molecule has 0 bridgehead atoms. The second kappa shape index (κ2) is 7.29. The summed E-state index contributed by atoms with van der Waals surface area (Å²) in [6.45, 7) is 4.45. The minimum atomic E-state index is -0.502. The Balaban J connectivity index is 2.48. The van der Waals surface area contributed by atoms with Crippen LogP contribution in [0, 0.1) is 0 Å². The number of nitrogens with zero attached hydrogens (tertiary/aromatic N) is 1. The molecule has 0 unspecified atom stereocenters. The molecule has 94 valence electrons. The summed E-state index contributed by atoms with van der Waals surface area (Å²) in [5, 5.41) is 12.3. The van der Waals surface area contributed by atoms with Gasteiger partial charge in [-0.15, -0.1) is 11.8 Å². The Labute approximate surface area is 106 Å². The fourth-order valence-electron chi connectivity index (χ4n) is 1.28. The fraction of sp³-hybridized carbons (Fsp3) is 0.500. The maximum absolute atomic E-state index is 11.2. The Hall–Kier alpha value is -1.07. The molecule has 0 aliphatic rings. The highest BCUT2D eigenvalue weighted by atomic mass is 32.2. The van der Waals surface area contributed by atoms with Crippen molar-refractivity contribution in [2.45, 2.75) is 31.3 Å². The number of aliphatic hydroxyl groups excluding tert-OH is 1. The van der Waals surface area contributed by atoms with Gasteiger partial charge in [0.15, 0.2) is 0 Å². The van der Waals surface area contributed by atoms with Crippen LogP contribution in [0.3, 0.4) is 0 Å². The van der Waals surface area contributed by atoms with Crippen LogP contribution in [-0.2, 0) is 4.79 Å². The molecule has 1 amide bonds. The lowest BCUT2D eigenvalue weighted by atomic mass is 10.2. The highest BCUT2D eigenvalue weighted by Crippen LogP contribution is 2.19. The van der Waals surface area contributed by atoms with E-state index < -0.39 is 6.10 Å². The molecule has 0 radical (unpaired) electrons. The van der Waals surface area contributed by atoms with Crippen LogP contribution < -0.4 is 5.32 Å². The van der Waals surface area contributed by atoms with Crippen LogP contribution in [0.2, 0.25) is 0 Å². The van der Waals surface area contributed by atoms with Gasteiger partial charge in [-0.25, -0.2) is 0 Å². The number of thioether (sulfide) groups is 1. The number of aromatic nitrogens is 1. The van der Waals surface area contributed by atoms with Crippen LogP contribution in [0.25, 0.3) is 0 Å². The molecule has 0 aliphatic heterocycles. The zero-order valence-corrected chi connectivity index (χ0v) is 11.0. The van der Waals surface area contributed by atoms with Gasteiger partial charge in [-0.3, -0.25) is 9.78 Å². The average Bonchev–Trinajstić information content (AvgIpc) is 2.36. The molecule has 1 heterocycles. The van der Waals surface area contributed by atoms with Gasteiger partial charge >= 0.3 is 0 Å². The molecule has 17 heavy (non-hydrogen) atoms. The minimum absolute atomic E-state index is 0.0233. The molecule has 2 N–H and O–H groups in total. The number of pyridine rings is 1. The van der Waals surface area contributed by atoms with Gasteiger partial charge in [-0.2, -0.15) is 0 Å². The standard InChI is InChI=1S/C12H18N2O2S/c1-3-11(15)10-6-5-9(7-14-10)17-8-12(16)13-4-2/h5-7,11,15H,3-4,8H2,1-2H3,(H,13,16)/t11-/m1/s1. The van der Waals surface area contributed by atoms with Crippen molar-refractivity contribution < 1.29 is 9.90 Å². The van der Waals surface area contributed by atoms with Gasteiger partial charge in [0.05, 0.1) is 17.6 Å². The Kier molecular flexibility index (Phi) is 6.00. The zero-order valence-electron chi connectivity index (χ0n) is 10.1. The Morgan fingerprint density at radius 2 is 2.29 bits per heavy atom. The highest BCUT2D eigenvalue weighted by molar-refractivity contribution is 8.00. The molecular formula is C12H18N2O2S. The molecular weight excluding hydrogens is 236 g/mol. The Morgan fingerprint density at radius 1 is 1.53 bits per heavy atom. The first-order valence-corrected chi connectivity index (χ1v) is 6.69. The molecule has 1 rings (SSSR count). The molecule has 0 fully saturated rings. The number of amides is 1. The van der Waals surface area contributed by atoms with Crippen LogP contribution in [0.1, 0.15) is 32.1 Å². The second-order valence-electron chi connectivity index (χ2n) is 3.58. The summed E-state index contributed by atoms with van der Waals surface area (Å²) in [5.74, 6) is 0.417. The molecule has 0 aromatic carbocycles.